The third-order valence-corrected chi connectivity index (χ3v) is 3.97. The number of carbonyl (C=O) groups excluding carboxylic acids is 1. The Balaban J connectivity index is 2.63. The Labute approximate surface area is 123 Å². The van der Waals surface area contributed by atoms with Crippen molar-refractivity contribution in [2.24, 2.45) is 0 Å². The predicted octanol–water partition coefficient (Wildman–Crippen LogP) is 1.65. The summed E-state index contributed by atoms with van der Waals surface area (Å²) < 4.78 is 0. The van der Waals surface area contributed by atoms with Crippen LogP contribution in [0.4, 0.5) is 0 Å². The highest BCUT2D eigenvalue weighted by Crippen LogP contribution is 2.12. The van der Waals surface area contributed by atoms with Crippen LogP contribution in [0.1, 0.15) is 26.7 Å². The fourth-order valence-electron chi connectivity index (χ4n) is 2.66. The maximum Gasteiger partial charge on any atom is 0.237 e. The van der Waals surface area contributed by atoms with Gasteiger partial charge in [-0.3, -0.25) is 9.69 Å². The average Bonchev–Trinajstić information content (AvgIpc) is 2.46. The molecule has 114 valence electrons. The Hall–Kier alpha value is -1.13. The number of nitrogens with zero attached hydrogens (tertiary/aromatic N) is 2. The molecular weight excluding hydrogens is 250 g/mol. The second-order valence-electron chi connectivity index (χ2n) is 5.38. The number of nitrogens with one attached hydrogen (secondary N) is 1. The van der Waals surface area contributed by atoms with E-state index in [9.17, 15) is 4.79 Å². The summed E-state index contributed by atoms with van der Waals surface area (Å²) in [5.74, 6) is 0.167. The third-order valence-electron chi connectivity index (χ3n) is 3.97. The zero-order chi connectivity index (χ0) is 15.0. The molecule has 1 aliphatic rings. The van der Waals surface area contributed by atoms with Crippen molar-refractivity contribution in [1.82, 2.24) is 15.1 Å². The number of amides is 1. The van der Waals surface area contributed by atoms with Crippen molar-refractivity contribution in [3.05, 3.63) is 25.3 Å². The minimum absolute atomic E-state index is 0.167. The van der Waals surface area contributed by atoms with Crippen LogP contribution in [0.15, 0.2) is 25.3 Å². The summed E-state index contributed by atoms with van der Waals surface area (Å²) in [6.45, 7) is 15.4. The molecule has 0 aromatic heterocycles. The van der Waals surface area contributed by atoms with Gasteiger partial charge in [-0.05, 0) is 12.8 Å². The highest BCUT2D eigenvalue weighted by atomic mass is 16.2. The summed E-state index contributed by atoms with van der Waals surface area (Å²) in [4.78, 5) is 16.5. The molecule has 1 saturated heterocycles. The molecule has 0 aromatic rings. The molecule has 1 rings (SSSR count). The van der Waals surface area contributed by atoms with Crippen LogP contribution in [-0.4, -0.2) is 60.5 Å². The minimum atomic E-state index is 0.167. The van der Waals surface area contributed by atoms with Crippen molar-refractivity contribution in [1.29, 1.82) is 0 Å². The van der Waals surface area contributed by atoms with E-state index in [1.54, 1.807) is 17.1 Å². The Kier molecular flexibility index (Phi) is 7.55. The van der Waals surface area contributed by atoms with Gasteiger partial charge in [0.25, 0.3) is 0 Å². The van der Waals surface area contributed by atoms with Gasteiger partial charge < -0.3 is 10.2 Å². The first-order chi connectivity index (χ1) is 9.65. The Morgan fingerprint density at radius 3 is 2.45 bits per heavy atom. The summed E-state index contributed by atoms with van der Waals surface area (Å²) in [6.07, 6.45) is 5.71. The number of carbonyl (C=O) groups is 1. The van der Waals surface area contributed by atoms with E-state index >= 15 is 0 Å². The number of rotatable bonds is 8. The number of hydrogen-bond donors (Lipinski definition) is 1. The first-order valence-electron chi connectivity index (χ1n) is 7.63. The molecule has 1 N–H and O–H groups in total. The van der Waals surface area contributed by atoms with Crippen LogP contribution in [0.25, 0.3) is 0 Å². The molecule has 0 aliphatic carbocycles. The minimum Gasteiger partial charge on any atom is -0.334 e. The molecule has 4 heteroatoms. The van der Waals surface area contributed by atoms with Crippen molar-refractivity contribution in [2.45, 2.75) is 38.8 Å². The van der Waals surface area contributed by atoms with Crippen LogP contribution in [0.5, 0.6) is 0 Å². The van der Waals surface area contributed by atoms with E-state index in [0.29, 0.717) is 31.7 Å². The van der Waals surface area contributed by atoms with Crippen molar-refractivity contribution in [3.8, 4) is 0 Å². The van der Waals surface area contributed by atoms with E-state index in [2.05, 4.69) is 37.2 Å². The smallest absolute Gasteiger partial charge is 0.237 e. The van der Waals surface area contributed by atoms with Crippen molar-refractivity contribution >= 4 is 5.91 Å². The maximum absolute atomic E-state index is 12.4. The first kappa shape index (κ1) is 16.9. The van der Waals surface area contributed by atoms with Crippen LogP contribution in [0.3, 0.4) is 0 Å². The van der Waals surface area contributed by atoms with Gasteiger partial charge in [0.05, 0.1) is 6.54 Å². The lowest BCUT2D eigenvalue weighted by Gasteiger charge is -2.40. The van der Waals surface area contributed by atoms with Gasteiger partial charge >= 0.3 is 0 Å². The van der Waals surface area contributed by atoms with Gasteiger partial charge in [-0.25, -0.2) is 0 Å². The van der Waals surface area contributed by atoms with Crippen molar-refractivity contribution in [2.75, 3.05) is 32.7 Å². The Morgan fingerprint density at radius 1 is 1.30 bits per heavy atom. The molecule has 0 spiro atoms. The molecule has 4 nitrogen and oxygen atoms in total. The molecule has 0 aromatic carbocycles. The van der Waals surface area contributed by atoms with E-state index in [1.807, 2.05) is 0 Å². The normalized spacial score (nSPS) is 23.3. The molecule has 20 heavy (non-hydrogen) atoms. The lowest BCUT2D eigenvalue weighted by atomic mass is 10.1. The molecule has 0 radical (unpaired) electrons. The molecule has 0 saturated carbocycles. The van der Waals surface area contributed by atoms with Gasteiger partial charge in [-0.15, -0.1) is 13.2 Å². The van der Waals surface area contributed by atoms with Gasteiger partial charge in [0.2, 0.25) is 5.91 Å². The second kappa shape index (κ2) is 8.93. The fraction of sp³-hybridized carbons (Fsp3) is 0.688. The third kappa shape index (κ3) is 4.76. The van der Waals surface area contributed by atoms with Crippen molar-refractivity contribution < 1.29 is 4.79 Å². The Bertz CT molecular complexity index is 320. The van der Waals surface area contributed by atoms with E-state index in [1.165, 1.54) is 0 Å². The first-order valence-corrected chi connectivity index (χ1v) is 7.63. The zero-order valence-corrected chi connectivity index (χ0v) is 13.0. The number of piperazine rings is 1. The maximum atomic E-state index is 12.4. The molecular formula is C16H29N3O. The molecule has 2 atom stereocenters. The van der Waals surface area contributed by atoms with Gasteiger partial charge in [-0.1, -0.05) is 26.0 Å². The van der Waals surface area contributed by atoms with E-state index in [4.69, 9.17) is 0 Å². The van der Waals surface area contributed by atoms with E-state index in [-0.39, 0.29) is 5.91 Å². The molecule has 1 amide bonds. The monoisotopic (exact) mass is 279 g/mol. The van der Waals surface area contributed by atoms with Gasteiger partial charge in [0, 0.05) is 38.3 Å². The molecule has 1 heterocycles. The van der Waals surface area contributed by atoms with Crippen LogP contribution in [0, 0.1) is 0 Å². The highest BCUT2D eigenvalue weighted by molar-refractivity contribution is 5.78. The zero-order valence-electron chi connectivity index (χ0n) is 13.0. The summed E-state index contributed by atoms with van der Waals surface area (Å²) in [6, 6.07) is 0.953. The summed E-state index contributed by atoms with van der Waals surface area (Å²) in [7, 11) is 0. The summed E-state index contributed by atoms with van der Waals surface area (Å²) in [5.41, 5.74) is 0. The number of hydrogen-bond acceptors (Lipinski definition) is 3. The van der Waals surface area contributed by atoms with Crippen LogP contribution in [-0.2, 0) is 4.79 Å². The van der Waals surface area contributed by atoms with E-state index in [0.717, 1.165) is 25.9 Å². The summed E-state index contributed by atoms with van der Waals surface area (Å²) >= 11 is 0. The van der Waals surface area contributed by atoms with Gasteiger partial charge in [-0.2, -0.15) is 0 Å². The fourth-order valence-corrected chi connectivity index (χ4v) is 2.66. The molecule has 0 bridgehead atoms. The molecule has 2 unspecified atom stereocenters. The van der Waals surface area contributed by atoms with Crippen LogP contribution < -0.4 is 5.32 Å². The lowest BCUT2D eigenvalue weighted by molar-refractivity contribution is -0.132. The predicted molar refractivity (Wildman–Crippen MR) is 84.7 cm³/mol. The largest absolute Gasteiger partial charge is 0.334 e. The topological polar surface area (TPSA) is 35.6 Å². The lowest BCUT2D eigenvalue weighted by Crippen LogP contribution is -2.58. The van der Waals surface area contributed by atoms with Gasteiger partial charge in [0.1, 0.15) is 0 Å². The highest BCUT2D eigenvalue weighted by Gasteiger charge is 2.28. The second-order valence-corrected chi connectivity index (χ2v) is 5.38. The summed E-state index contributed by atoms with van der Waals surface area (Å²) in [5, 5.41) is 3.55. The molecule has 1 fully saturated rings. The van der Waals surface area contributed by atoms with Crippen LogP contribution >= 0.6 is 0 Å². The Morgan fingerprint density at radius 2 is 1.95 bits per heavy atom. The quantitative estimate of drug-likeness (QED) is 0.686. The SMILES string of the molecule is C=CCN(CC=C)C(=O)CN1CC(CC)NCC1CC. The van der Waals surface area contributed by atoms with Crippen LogP contribution in [0.2, 0.25) is 0 Å². The van der Waals surface area contributed by atoms with Gasteiger partial charge in [0.15, 0.2) is 0 Å². The molecule has 1 aliphatic heterocycles. The van der Waals surface area contributed by atoms with Crippen molar-refractivity contribution in [3.63, 3.8) is 0 Å². The average molecular weight is 279 g/mol. The van der Waals surface area contributed by atoms with E-state index < -0.39 is 0 Å². The standard InChI is InChI=1S/C16H29N3O/c1-5-9-18(10-6-2)16(20)13-19-12-14(7-3)17-11-15(19)8-4/h5-6,14-15,17H,1-2,7-13H2,3-4H3.